The van der Waals surface area contributed by atoms with Gasteiger partial charge in [0.05, 0.1) is 12.2 Å². The fraction of sp³-hybridized carbons (Fsp3) is 0.625. The van der Waals surface area contributed by atoms with E-state index in [4.69, 9.17) is 4.74 Å². The normalized spacial score (nSPS) is 31.4. The molecule has 0 radical (unpaired) electrons. The molecule has 106 valence electrons. The zero-order valence-corrected chi connectivity index (χ0v) is 13.4. The first-order chi connectivity index (χ1) is 9.03. The molecule has 0 saturated carbocycles. The van der Waals surface area contributed by atoms with Crippen LogP contribution in [0.25, 0.3) is 0 Å². The highest BCUT2D eigenvalue weighted by Gasteiger charge is 2.40. The van der Waals surface area contributed by atoms with Gasteiger partial charge in [-0.3, -0.25) is 0 Å². The third-order valence-electron chi connectivity index (χ3n) is 4.58. The molecule has 0 amide bonds. The molecule has 2 atom stereocenters. The highest BCUT2D eigenvalue weighted by molar-refractivity contribution is 9.10. The zero-order chi connectivity index (χ0) is 13.9. The summed E-state index contributed by atoms with van der Waals surface area (Å²) in [6, 6.07) is 8.54. The predicted octanol–water partition coefficient (Wildman–Crippen LogP) is 4.05. The maximum Gasteiger partial charge on any atom is 0.0702 e. The van der Waals surface area contributed by atoms with Gasteiger partial charge in [-0.1, -0.05) is 41.9 Å². The molecule has 0 bridgehead atoms. The lowest BCUT2D eigenvalue weighted by Crippen LogP contribution is -2.45. The molecule has 1 aromatic carbocycles. The largest absolute Gasteiger partial charge is 0.396 e. The summed E-state index contributed by atoms with van der Waals surface area (Å²) in [6.07, 6.45) is 3.86. The molecule has 0 aliphatic carbocycles. The van der Waals surface area contributed by atoms with Gasteiger partial charge in [-0.15, -0.1) is 0 Å². The Labute approximate surface area is 124 Å². The Hall–Kier alpha value is -0.380. The third kappa shape index (κ3) is 3.21. The summed E-state index contributed by atoms with van der Waals surface area (Å²) in [4.78, 5) is 0. The van der Waals surface area contributed by atoms with Crippen LogP contribution in [-0.2, 0) is 10.2 Å². The minimum absolute atomic E-state index is 0.0921. The van der Waals surface area contributed by atoms with Gasteiger partial charge in [0.1, 0.15) is 0 Å². The van der Waals surface area contributed by atoms with Crippen molar-refractivity contribution in [3.05, 3.63) is 34.3 Å². The van der Waals surface area contributed by atoms with Gasteiger partial charge >= 0.3 is 0 Å². The van der Waals surface area contributed by atoms with E-state index in [1.807, 2.05) is 0 Å². The highest BCUT2D eigenvalue weighted by Crippen LogP contribution is 2.41. The van der Waals surface area contributed by atoms with E-state index in [9.17, 15) is 5.11 Å². The fourth-order valence-electron chi connectivity index (χ4n) is 2.90. The van der Waals surface area contributed by atoms with Crippen LogP contribution in [0.3, 0.4) is 0 Å². The third-order valence-corrected chi connectivity index (χ3v) is 5.11. The molecule has 1 fully saturated rings. The van der Waals surface area contributed by atoms with Crippen LogP contribution in [0.1, 0.15) is 45.1 Å². The summed E-state index contributed by atoms with van der Waals surface area (Å²) in [5.41, 5.74) is 1.32. The van der Waals surface area contributed by atoms with Gasteiger partial charge in [0.25, 0.3) is 0 Å². The lowest BCUT2D eigenvalue weighted by atomic mass is 9.73. The summed E-state index contributed by atoms with van der Waals surface area (Å²) >= 11 is 3.48. The molecule has 1 saturated heterocycles. The van der Waals surface area contributed by atoms with Gasteiger partial charge in [0.15, 0.2) is 0 Å². The standard InChI is InChI=1S/C16H23BrO2/c1-3-16(10-11-18)9-8-15(2,12-19-16)13-4-6-14(17)7-5-13/h4-7,18H,3,8-12H2,1-2H3. The Morgan fingerprint density at radius 3 is 2.42 bits per heavy atom. The maximum absolute atomic E-state index is 9.21. The summed E-state index contributed by atoms with van der Waals surface area (Å²) in [6.45, 7) is 5.37. The van der Waals surface area contributed by atoms with Gasteiger partial charge in [-0.2, -0.15) is 0 Å². The second kappa shape index (κ2) is 5.94. The molecule has 2 rings (SSSR count). The number of benzene rings is 1. The van der Waals surface area contributed by atoms with E-state index in [0.717, 1.165) is 36.8 Å². The first-order valence-corrected chi connectivity index (χ1v) is 7.84. The van der Waals surface area contributed by atoms with Crippen molar-refractivity contribution in [3.63, 3.8) is 0 Å². The van der Waals surface area contributed by atoms with Crippen molar-refractivity contribution in [2.75, 3.05) is 13.2 Å². The van der Waals surface area contributed by atoms with Crippen LogP contribution < -0.4 is 0 Å². The number of rotatable bonds is 4. The van der Waals surface area contributed by atoms with E-state index in [-0.39, 0.29) is 17.6 Å². The van der Waals surface area contributed by atoms with Crippen LogP contribution in [0.2, 0.25) is 0 Å². The summed E-state index contributed by atoms with van der Waals surface area (Å²) in [5.74, 6) is 0. The van der Waals surface area contributed by atoms with Crippen LogP contribution in [0, 0.1) is 0 Å². The number of aliphatic hydroxyl groups excluding tert-OH is 1. The molecule has 1 aliphatic rings. The highest BCUT2D eigenvalue weighted by atomic mass is 79.9. The Balaban J connectivity index is 2.11. The van der Waals surface area contributed by atoms with E-state index >= 15 is 0 Å². The molecule has 3 heteroatoms. The average molecular weight is 327 g/mol. The Morgan fingerprint density at radius 1 is 1.26 bits per heavy atom. The first-order valence-electron chi connectivity index (χ1n) is 7.04. The molecule has 1 N–H and O–H groups in total. The van der Waals surface area contributed by atoms with Gasteiger partial charge < -0.3 is 9.84 Å². The van der Waals surface area contributed by atoms with Crippen LogP contribution >= 0.6 is 15.9 Å². The number of hydrogen-bond acceptors (Lipinski definition) is 2. The summed E-state index contributed by atoms with van der Waals surface area (Å²) in [7, 11) is 0. The maximum atomic E-state index is 9.21. The molecule has 19 heavy (non-hydrogen) atoms. The second-order valence-corrected chi connectivity index (χ2v) is 6.78. The molecule has 0 spiro atoms. The van der Waals surface area contributed by atoms with Gasteiger partial charge in [0.2, 0.25) is 0 Å². The molecule has 1 aliphatic heterocycles. The van der Waals surface area contributed by atoms with Gasteiger partial charge in [-0.25, -0.2) is 0 Å². The minimum Gasteiger partial charge on any atom is -0.396 e. The topological polar surface area (TPSA) is 29.5 Å². The van der Waals surface area contributed by atoms with E-state index in [2.05, 4.69) is 54.0 Å². The van der Waals surface area contributed by atoms with Crippen LogP contribution in [0.4, 0.5) is 0 Å². The second-order valence-electron chi connectivity index (χ2n) is 5.87. The SMILES string of the molecule is CCC1(CCO)CCC(C)(c2ccc(Br)cc2)CO1. The average Bonchev–Trinajstić information content (AvgIpc) is 2.43. The molecular weight excluding hydrogens is 304 g/mol. The Bertz CT molecular complexity index is 405. The monoisotopic (exact) mass is 326 g/mol. The molecule has 1 aromatic rings. The lowest BCUT2D eigenvalue weighted by molar-refractivity contribution is -0.119. The number of aliphatic hydroxyl groups is 1. The Kier molecular flexibility index (Phi) is 4.70. The van der Waals surface area contributed by atoms with E-state index < -0.39 is 0 Å². The van der Waals surface area contributed by atoms with Gasteiger partial charge in [0, 0.05) is 16.5 Å². The molecule has 0 aromatic heterocycles. The van der Waals surface area contributed by atoms with Crippen molar-refractivity contribution in [2.24, 2.45) is 0 Å². The van der Waals surface area contributed by atoms with E-state index in [0.29, 0.717) is 0 Å². The predicted molar refractivity (Wildman–Crippen MR) is 81.4 cm³/mol. The summed E-state index contributed by atoms with van der Waals surface area (Å²) < 4.78 is 7.29. The minimum atomic E-state index is -0.108. The van der Waals surface area contributed by atoms with Crippen LogP contribution in [0.15, 0.2) is 28.7 Å². The van der Waals surface area contributed by atoms with Crippen molar-refractivity contribution in [1.29, 1.82) is 0 Å². The molecule has 2 unspecified atom stereocenters. The van der Waals surface area contributed by atoms with Crippen molar-refractivity contribution in [1.82, 2.24) is 0 Å². The lowest BCUT2D eigenvalue weighted by Gasteiger charge is -2.45. The van der Waals surface area contributed by atoms with Crippen LogP contribution in [0.5, 0.6) is 0 Å². The van der Waals surface area contributed by atoms with E-state index in [1.165, 1.54) is 5.56 Å². The number of hydrogen-bond donors (Lipinski definition) is 1. The first kappa shape index (κ1) is 15.0. The quantitative estimate of drug-likeness (QED) is 0.904. The van der Waals surface area contributed by atoms with Crippen molar-refractivity contribution in [3.8, 4) is 0 Å². The van der Waals surface area contributed by atoms with Gasteiger partial charge in [-0.05, 0) is 43.4 Å². The molecule has 1 heterocycles. The van der Waals surface area contributed by atoms with E-state index in [1.54, 1.807) is 0 Å². The van der Waals surface area contributed by atoms with Crippen molar-refractivity contribution >= 4 is 15.9 Å². The molecule has 2 nitrogen and oxygen atoms in total. The van der Waals surface area contributed by atoms with Crippen molar-refractivity contribution in [2.45, 2.75) is 50.5 Å². The number of ether oxygens (including phenoxy) is 1. The smallest absolute Gasteiger partial charge is 0.0702 e. The Morgan fingerprint density at radius 2 is 1.95 bits per heavy atom. The van der Waals surface area contributed by atoms with Crippen LogP contribution in [-0.4, -0.2) is 23.9 Å². The fourth-order valence-corrected chi connectivity index (χ4v) is 3.16. The summed E-state index contributed by atoms with van der Waals surface area (Å²) in [5, 5.41) is 9.21. The zero-order valence-electron chi connectivity index (χ0n) is 11.8. The molecular formula is C16H23BrO2. The van der Waals surface area contributed by atoms with Crippen molar-refractivity contribution < 1.29 is 9.84 Å². The number of halogens is 1.